The number of carbonyl (C=O) groups is 1. The summed E-state index contributed by atoms with van der Waals surface area (Å²) in [6.07, 6.45) is 3.79. The van der Waals surface area contributed by atoms with E-state index in [2.05, 4.69) is 28.5 Å². The summed E-state index contributed by atoms with van der Waals surface area (Å²) in [5, 5.41) is 0. The minimum absolute atomic E-state index is 0.125. The van der Waals surface area contributed by atoms with Gasteiger partial charge >= 0.3 is 6.09 Å². The molecule has 178 valence electrons. The summed E-state index contributed by atoms with van der Waals surface area (Å²) in [5.41, 5.74) is 3.44. The van der Waals surface area contributed by atoms with Crippen LogP contribution in [0.1, 0.15) is 55.6 Å². The second kappa shape index (κ2) is 11.0. The van der Waals surface area contributed by atoms with Crippen LogP contribution in [0.2, 0.25) is 0 Å². The van der Waals surface area contributed by atoms with Gasteiger partial charge in [-0.05, 0) is 42.9 Å². The topological polar surface area (TPSA) is 101 Å². The molecule has 9 heteroatoms. The van der Waals surface area contributed by atoms with Crippen molar-refractivity contribution in [1.29, 1.82) is 0 Å². The smallest absolute Gasteiger partial charge is 0.421 e. The van der Waals surface area contributed by atoms with Crippen molar-refractivity contribution >= 4 is 27.5 Å². The molecular formula is C24H31N3O4S2. The van der Waals surface area contributed by atoms with Gasteiger partial charge in [0.05, 0.1) is 6.61 Å². The number of aromatic amines is 1. The zero-order chi connectivity index (χ0) is 24.0. The van der Waals surface area contributed by atoms with Crippen molar-refractivity contribution in [3.63, 3.8) is 0 Å². The lowest BCUT2D eigenvalue weighted by Gasteiger charge is -2.09. The maximum atomic E-state index is 13.1. The number of ether oxygens (including phenoxy) is 1. The van der Waals surface area contributed by atoms with Crippen molar-refractivity contribution in [2.24, 2.45) is 5.92 Å². The zero-order valence-corrected chi connectivity index (χ0v) is 21.1. The lowest BCUT2D eigenvalue weighted by molar-refractivity contribution is 0.151. The Morgan fingerprint density at radius 2 is 1.97 bits per heavy atom. The summed E-state index contributed by atoms with van der Waals surface area (Å²) in [4.78, 5) is 20.6. The van der Waals surface area contributed by atoms with Crippen LogP contribution in [0.3, 0.4) is 0 Å². The number of H-pyrrole nitrogens is 1. The number of hydrogen-bond acceptors (Lipinski definition) is 6. The Morgan fingerprint density at radius 3 is 2.58 bits per heavy atom. The molecule has 0 aliphatic heterocycles. The van der Waals surface area contributed by atoms with Crippen LogP contribution < -0.4 is 4.72 Å². The predicted octanol–water partition coefficient (Wildman–Crippen LogP) is 5.45. The Morgan fingerprint density at radius 1 is 1.24 bits per heavy atom. The fourth-order valence-electron chi connectivity index (χ4n) is 3.37. The van der Waals surface area contributed by atoms with Crippen LogP contribution in [0.15, 0.2) is 40.7 Å². The highest BCUT2D eigenvalue weighted by Gasteiger charge is 2.26. The quantitative estimate of drug-likeness (QED) is 0.369. The van der Waals surface area contributed by atoms with Crippen molar-refractivity contribution in [2.75, 3.05) is 6.61 Å². The van der Waals surface area contributed by atoms with Crippen LogP contribution in [-0.4, -0.2) is 31.1 Å². The summed E-state index contributed by atoms with van der Waals surface area (Å²) in [7, 11) is -4.07. The second-order valence-electron chi connectivity index (χ2n) is 8.49. The van der Waals surface area contributed by atoms with E-state index in [4.69, 9.17) is 4.74 Å². The highest BCUT2D eigenvalue weighted by molar-refractivity contribution is 7.92. The summed E-state index contributed by atoms with van der Waals surface area (Å²) in [6.45, 7) is 8.28. The van der Waals surface area contributed by atoms with Crippen molar-refractivity contribution < 1.29 is 17.9 Å². The van der Waals surface area contributed by atoms with E-state index in [1.54, 1.807) is 6.20 Å². The molecule has 0 fully saturated rings. The molecule has 0 unspecified atom stereocenters. The zero-order valence-electron chi connectivity index (χ0n) is 19.5. The van der Waals surface area contributed by atoms with Gasteiger partial charge in [0.15, 0.2) is 0 Å². The van der Waals surface area contributed by atoms with Gasteiger partial charge in [0.1, 0.15) is 10.0 Å². The van der Waals surface area contributed by atoms with Crippen molar-refractivity contribution in [1.82, 2.24) is 14.7 Å². The number of carbonyl (C=O) groups excluding carboxylic acids is 1. The summed E-state index contributed by atoms with van der Waals surface area (Å²) in [6, 6.07) is 9.66. The lowest BCUT2D eigenvalue weighted by atomic mass is 10.0. The van der Waals surface area contributed by atoms with Gasteiger partial charge in [0.25, 0.3) is 10.0 Å². The molecule has 1 aromatic carbocycles. The molecule has 0 saturated heterocycles. The number of benzene rings is 1. The maximum Gasteiger partial charge on any atom is 0.421 e. The Balaban J connectivity index is 1.87. The van der Waals surface area contributed by atoms with Crippen LogP contribution in [0, 0.1) is 12.8 Å². The monoisotopic (exact) mass is 489 g/mol. The average molecular weight is 490 g/mol. The molecule has 33 heavy (non-hydrogen) atoms. The lowest BCUT2D eigenvalue weighted by Crippen LogP contribution is -2.31. The standard InChI is InChI=1S/C24H31N3O4S2/c1-5-6-11-31-24(28)27-33(29,30)23-21(14-20(32-23)12-16(2)3)19-9-7-18(8-10-19)13-22-25-15-17(4)26-22/h7-10,14-16H,5-6,11-13H2,1-4H3,(H,25,26)(H,27,28). The van der Waals surface area contributed by atoms with E-state index in [9.17, 15) is 13.2 Å². The Hall–Kier alpha value is -2.65. The molecule has 3 rings (SSSR count). The minimum Gasteiger partial charge on any atom is -0.449 e. The molecule has 2 N–H and O–H groups in total. The third-order valence-corrected chi connectivity index (χ3v) is 7.95. The molecule has 0 bridgehead atoms. The number of amides is 1. The van der Waals surface area contributed by atoms with Gasteiger partial charge in [-0.25, -0.2) is 22.9 Å². The minimum atomic E-state index is -4.07. The van der Waals surface area contributed by atoms with Crippen molar-refractivity contribution in [2.45, 2.75) is 57.6 Å². The first-order valence-electron chi connectivity index (χ1n) is 11.1. The van der Waals surface area contributed by atoms with E-state index < -0.39 is 16.1 Å². The number of hydrogen-bond donors (Lipinski definition) is 2. The molecule has 0 spiro atoms. The summed E-state index contributed by atoms with van der Waals surface area (Å²) < 4.78 is 33.3. The van der Waals surface area contributed by atoms with E-state index in [-0.39, 0.29) is 10.8 Å². The fourth-order valence-corrected chi connectivity index (χ4v) is 6.21. The second-order valence-corrected chi connectivity index (χ2v) is 11.5. The molecule has 0 atom stereocenters. The highest BCUT2D eigenvalue weighted by Crippen LogP contribution is 2.36. The molecule has 2 heterocycles. The number of nitrogens with one attached hydrogen (secondary N) is 2. The van der Waals surface area contributed by atoms with Gasteiger partial charge in [0.2, 0.25) is 0 Å². The van der Waals surface area contributed by atoms with Crippen LogP contribution in [0.25, 0.3) is 11.1 Å². The molecule has 0 radical (unpaired) electrons. The van der Waals surface area contributed by atoms with E-state index in [0.29, 0.717) is 24.3 Å². The van der Waals surface area contributed by atoms with E-state index in [0.717, 1.165) is 40.4 Å². The van der Waals surface area contributed by atoms with Crippen LogP contribution in [-0.2, 0) is 27.6 Å². The molecule has 7 nitrogen and oxygen atoms in total. The number of aromatic nitrogens is 2. The third kappa shape index (κ3) is 6.91. The number of unbranched alkanes of at least 4 members (excludes halogenated alkanes) is 1. The van der Waals surface area contributed by atoms with E-state index in [1.807, 2.05) is 44.2 Å². The van der Waals surface area contributed by atoms with Crippen LogP contribution >= 0.6 is 11.3 Å². The van der Waals surface area contributed by atoms with Gasteiger partial charge in [-0.1, -0.05) is 51.5 Å². The first-order valence-corrected chi connectivity index (χ1v) is 13.4. The van der Waals surface area contributed by atoms with E-state index in [1.165, 1.54) is 11.3 Å². The van der Waals surface area contributed by atoms with Crippen molar-refractivity contribution in [3.05, 3.63) is 58.5 Å². The van der Waals surface area contributed by atoms with Gasteiger partial charge in [-0.15, -0.1) is 11.3 Å². The largest absolute Gasteiger partial charge is 0.449 e. The predicted molar refractivity (Wildman–Crippen MR) is 131 cm³/mol. The molecule has 0 aliphatic carbocycles. The first-order chi connectivity index (χ1) is 15.7. The van der Waals surface area contributed by atoms with Crippen LogP contribution in [0.4, 0.5) is 4.79 Å². The van der Waals surface area contributed by atoms with E-state index >= 15 is 0 Å². The van der Waals surface area contributed by atoms with Gasteiger partial charge in [-0.3, -0.25) is 0 Å². The maximum absolute atomic E-state index is 13.1. The van der Waals surface area contributed by atoms with Gasteiger partial charge in [0, 0.05) is 28.8 Å². The van der Waals surface area contributed by atoms with Crippen molar-refractivity contribution in [3.8, 4) is 11.1 Å². The number of imidazole rings is 1. The average Bonchev–Trinajstić information content (AvgIpc) is 3.34. The first kappa shape index (κ1) is 25.0. The Kier molecular flexibility index (Phi) is 8.31. The third-order valence-electron chi connectivity index (χ3n) is 4.94. The normalized spacial score (nSPS) is 11.7. The number of thiophene rings is 1. The Labute approximate surface area is 199 Å². The SMILES string of the molecule is CCCCOC(=O)NS(=O)(=O)c1sc(CC(C)C)cc1-c1ccc(Cc2ncc(C)[nH]2)cc1. The number of nitrogens with zero attached hydrogens (tertiary/aromatic N) is 1. The highest BCUT2D eigenvalue weighted by atomic mass is 32.2. The Bertz CT molecular complexity index is 1180. The molecule has 1 amide bonds. The molecule has 0 saturated carbocycles. The van der Waals surface area contributed by atoms with Gasteiger partial charge in [-0.2, -0.15) is 0 Å². The van der Waals surface area contributed by atoms with Gasteiger partial charge < -0.3 is 9.72 Å². The molecule has 3 aromatic rings. The molecule has 0 aliphatic rings. The number of rotatable bonds is 10. The summed E-state index contributed by atoms with van der Waals surface area (Å²) >= 11 is 1.20. The molecule has 2 aromatic heterocycles. The van der Waals surface area contributed by atoms with Crippen LogP contribution in [0.5, 0.6) is 0 Å². The number of aryl methyl sites for hydroxylation is 1. The summed E-state index contributed by atoms with van der Waals surface area (Å²) in [5.74, 6) is 1.25. The molecular weight excluding hydrogens is 458 g/mol. The fraction of sp³-hybridized carbons (Fsp3) is 0.417. The number of sulfonamides is 1.